The summed E-state index contributed by atoms with van der Waals surface area (Å²) in [5.74, 6) is -1.39. The van der Waals surface area contributed by atoms with E-state index in [0.717, 1.165) is 6.26 Å². The number of Topliss-reactive ketones (excluding diaryl/α,β-unsaturated/α-hetero) is 2. The number of aliphatic hydroxyl groups is 1. The van der Waals surface area contributed by atoms with Gasteiger partial charge in [0.2, 0.25) is 0 Å². The van der Waals surface area contributed by atoms with Gasteiger partial charge in [0.05, 0.1) is 25.5 Å². The van der Waals surface area contributed by atoms with E-state index in [0.29, 0.717) is 30.9 Å². The van der Waals surface area contributed by atoms with Gasteiger partial charge in [0.15, 0.2) is 11.6 Å². The number of nitrogens with zero attached hydrogens (tertiary/aromatic N) is 2. The lowest BCUT2D eigenvalue weighted by Crippen LogP contribution is -2.14. The molecule has 0 radical (unpaired) electrons. The van der Waals surface area contributed by atoms with Gasteiger partial charge in [0.25, 0.3) is 0 Å². The predicted molar refractivity (Wildman–Crippen MR) is 113 cm³/mol. The molecular formula is C21H34N2O8. The van der Waals surface area contributed by atoms with E-state index in [1.807, 2.05) is 0 Å². The summed E-state index contributed by atoms with van der Waals surface area (Å²) in [4.78, 5) is 43.2. The highest BCUT2D eigenvalue weighted by molar-refractivity contribution is 6.16. The maximum atomic E-state index is 11.2. The predicted octanol–water partition coefficient (Wildman–Crippen LogP) is 1.92. The van der Waals surface area contributed by atoms with Gasteiger partial charge in [-0.05, 0) is 34.6 Å². The molecule has 1 aromatic heterocycles. The highest BCUT2D eigenvalue weighted by Crippen LogP contribution is 2.06. The van der Waals surface area contributed by atoms with Crippen LogP contribution in [-0.2, 0) is 35.6 Å². The molecule has 1 heterocycles. The number of ether oxygens (including phenoxy) is 3. The molecule has 176 valence electrons. The van der Waals surface area contributed by atoms with Crippen LogP contribution in [0, 0.1) is 6.92 Å². The normalized spacial score (nSPS) is 10.0. The van der Waals surface area contributed by atoms with Gasteiger partial charge < -0.3 is 19.3 Å². The molecule has 0 fully saturated rings. The fraction of sp³-hybridized carbons (Fsp3) is 0.571. The van der Waals surface area contributed by atoms with Gasteiger partial charge in [-0.3, -0.25) is 14.3 Å². The first-order valence-electron chi connectivity index (χ1n) is 9.88. The van der Waals surface area contributed by atoms with Crippen molar-refractivity contribution in [1.82, 2.24) is 9.78 Å². The number of hydrogen-bond acceptors (Lipinski definition) is 9. The molecular weight excluding hydrogens is 408 g/mol. The van der Waals surface area contributed by atoms with Crippen molar-refractivity contribution in [3.63, 3.8) is 0 Å². The molecule has 0 spiro atoms. The fourth-order valence-electron chi connectivity index (χ4n) is 1.77. The lowest BCUT2D eigenvalue weighted by atomic mass is 10.2. The van der Waals surface area contributed by atoms with Crippen molar-refractivity contribution >= 4 is 23.5 Å². The molecule has 0 aliphatic carbocycles. The molecule has 0 aliphatic heterocycles. The largest absolute Gasteiger partial charge is 0.500 e. The molecule has 0 unspecified atom stereocenters. The third-order valence-electron chi connectivity index (χ3n) is 3.32. The van der Waals surface area contributed by atoms with Crippen molar-refractivity contribution in [3.05, 3.63) is 29.3 Å². The Balaban J connectivity index is 0. The number of esters is 2. The topological polar surface area (TPSA) is 134 Å². The molecule has 1 aromatic rings. The Morgan fingerprint density at radius 3 is 1.97 bits per heavy atom. The first-order valence-corrected chi connectivity index (χ1v) is 9.88. The Kier molecular flexibility index (Phi) is 17.3. The van der Waals surface area contributed by atoms with E-state index in [-0.39, 0.29) is 36.3 Å². The second-order valence-electron chi connectivity index (χ2n) is 5.84. The van der Waals surface area contributed by atoms with Gasteiger partial charge >= 0.3 is 11.9 Å². The lowest BCUT2D eigenvalue weighted by Gasteiger charge is -2.03. The van der Waals surface area contributed by atoms with Crippen LogP contribution in [0.25, 0.3) is 0 Å². The van der Waals surface area contributed by atoms with E-state index in [9.17, 15) is 19.2 Å². The Morgan fingerprint density at radius 2 is 1.65 bits per heavy atom. The van der Waals surface area contributed by atoms with E-state index in [1.165, 1.54) is 6.92 Å². The number of aromatic nitrogens is 2. The molecule has 10 nitrogen and oxygen atoms in total. The summed E-state index contributed by atoms with van der Waals surface area (Å²) in [6, 6.07) is 0. The molecule has 10 heteroatoms. The quantitative estimate of drug-likeness (QED) is 0.200. The first-order chi connectivity index (χ1) is 14.6. The van der Waals surface area contributed by atoms with Crippen LogP contribution in [-0.4, -0.2) is 64.8 Å². The van der Waals surface area contributed by atoms with Gasteiger partial charge in [-0.15, -0.1) is 0 Å². The van der Waals surface area contributed by atoms with Gasteiger partial charge in [-0.25, -0.2) is 9.59 Å². The molecule has 0 amide bonds. The van der Waals surface area contributed by atoms with Crippen LogP contribution in [0.5, 0.6) is 0 Å². The molecule has 0 atom stereocenters. The molecule has 0 aromatic carbocycles. The van der Waals surface area contributed by atoms with Crippen LogP contribution in [0.4, 0.5) is 0 Å². The number of hydrogen-bond donors (Lipinski definition) is 1. The molecule has 1 N–H and O–H groups in total. The second-order valence-corrected chi connectivity index (χ2v) is 5.84. The average Bonchev–Trinajstić information content (AvgIpc) is 3.07. The van der Waals surface area contributed by atoms with Crippen molar-refractivity contribution in [2.24, 2.45) is 7.05 Å². The Hall–Kier alpha value is -3.01. The Labute approximate surface area is 183 Å². The Morgan fingerprint density at radius 1 is 1.06 bits per heavy atom. The Bertz CT molecular complexity index is 732. The maximum absolute atomic E-state index is 11.2. The van der Waals surface area contributed by atoms with Crippen molar-refractivity contribution in [3.8, 4) is 0 Å². The molecule has 1 rings (SSSR count). The van der Waals surface area contributed by atoms with Crippen LogP contribution in [0.1, 0.15) is 57.1 Å². The van der Waals surface area contributed by atoms with E-state index < -0.39 is 5.97 Å². The van der Waals surface area contributed by atoms with E-state index in [1.54, 1.807) is 52.5 Å². The van der Waals surface area contributed by atoms with Gasteiger partial charge in [-0.1, -0.05) is 6.92 Å². The average molecular weight is 443 g/mol. The second kappa shape index (κ2) is 17.8. The van der Waals surface area contributed by atoms with Crippen LogP contribution < -0.4 is 0 Å². The van der Waals surface area contributed by atoms with Crippen LogP contribution >= 0.6 is 0 Å². The van der Waals surface area contributed by atoms with E-state index in [2.05, 4.69) is 9.84 Å². The minimum absolute atomic E-state index is 0.0521. The van der Waals surface area contributed by atoms with E-state index >= 15 is 0 Å². The van der Waals surface area contributed by atoms with Gasteiger partial charge in [-0.2, -0.15) is 5.10 Å². The van der Waals surface area contributed by atoms with Crippen LogP contribution in [0.2, 0.25) is 0 Å². The lowest BCUT2D eigenvalue weighted by molar-refractivity contribution is -0.140. The zero-order chi connectivity index (χ0) is 24.4. The SMILES string of the molecule is CCC(=O)CO.CCOC(=O)c1cn(C)nc1C.CCOC=C(C(C)=O)C(=O)OCC. The van der Waals surface area contributed by atoms with Crippen LogP contribution in [0.15, 0.2) is 18.0 Å². The van der Waals surface area contributed by atoms with Crippen molar-refractivity contribution in [2.45, 2.75) is 48.0 Å². The summed E-state index contributed by atoms with van der Waals surface area (Å²) < 4.78 is 15.9. The first kappa shape index (κ1) is 30.2. The summed E-state index contributed by atoms with van der Waals surface area (Å²) in [5, 5.41) is 12.0. The highest BCUT2D eigenvalue weighted by Gasteiger charge is 2.15. The van der Waals surface area contributed by atoms with Crippen LogP contribution in [0.3, 0.4) is 0 Å². The van der Waals surface area contributed by atoms with E-state index in [4.69, 9.17) is 14.6 Å². The van der Waals surface area contributed by atoms with Gasteiger partial charge in [0, 0.05) is 19.7 Å². The van der Waals surface area contributed by atoms with Crippen molar-refractivity contribution in [2.75, 3.05) is 26.4 Å². The number of carbonyl (C=O) groups is 4. The molecule has 0 bridgehead atoms. The standard InChI is InChI=1S/C9H14O4.C8H12N2O2.C4H8O2/c1-4-12-6-8(7(3)10)9(11)13-5-2;1-4-12-8(11)7-5-10(3)9-6(7)2;1-2-4(6)3-5/h6H,4-5H2,1-3H3;5H,4H2,1-3H3;5H,2-3H2,1H3. The zero-order valence-electron chi connectivity index (χ0n) is 19.4. The minimum atomic E-state index is -0.636. The number of aryl methyl sites for hydroxylation is 2. The van der Waals surface area contributed by atoms with Gasteiger partial charge in [0.1, 0.15) is 24.0 Å². The maximum Gasteiger partial charge on any atom is 0.344 e. The summed E-state index contributed by atoms with van der Waals surface area (Å²) in [7, 11) is 1.77. The summed E-state index contributed by atoms with van der Waals surface area (Å²) in [6.07, 6.45) is 3.24. The number of rotatable bonds is 9. The van der Waals surface area contributed by atoms with Crippen molar-refractivity contribution in [1.29, 1.82) is 0 Å². The highest BCUT2D eigenvalue weighted by atomic mass is 16.5. The molecule has 0 aliphatic rings. The smallest absolute Gasteiger partial charge is 0.344 e. The molecule has 31 heavy (non-hydrogen) atoms. The third-order valence-corrected chi connectivity index (χ3v) is 3.32. The number of ketones is 2. The summed E-state index contributed by atoms with van der Waals surface area (Å²) >= 11 is 0. The van der Waals surface area contributed by atoms with Crippen molar-refractivity contribution < 1.29 is 38.5 Å². The molecule has 0 saturated heterocycles. The fourth-order valence-corrected chi connectivity index (χ4v) is 1.77. The monoisotopic (exact) mass is 442 g/mol. The molecule has 0 saturated carbocycles. The summed E-state index contributed by atoms with van der Waals surface area (Å²) in [5.41, 5.74) is 1.19. The number of carbonyl (C=O) groups excluding carboxylic acids is 4. The summed E-state index contributed by atoms with van der Waals surface area (Å²) in [6.45, 7) is 10.8. The minimum Gasteiger partial charge on any atom is -0.500 e. The number of aliphatic hydroxyl groups excluding tert-OH is 1. The third kappa shape index (κ3) is 13.8. The zero-order valence-corrected chi connectivity index (χ0v) is 19.4.